The molecule has 0 aliphatic rings. The maximum atomic E-state index is 13.1. The third-order valence-corrected chi connectivity index (χ3v) is 22.6. The molecule has 9 aromatic carbocycles. The Labute approximate surface area is 840 Å². The van der Waals surface area contributed by atoms with Crippen LogP contribution in [0.15, 0.2) is 337 Å². The van der Waals surface area contributed by atoms with Crippen LogP contribution in [0.1, 0.15) is 50.1 Å². The van der Waals surface area contributed by atoms with Crippen molar-refractivity contribution in [2.45, 2.75) is 62.3 Å². The molecule has 0 saturated carbocycles. The predicted octanol–water partition coefficient (Wildman–Crippen LogP) is 21.5. The minimum atomic E-state index is -0.328. The summed E-state index contributed by atoms with van der Waals surface area (Å²) in [5.74, 6) is 0.738. The molecule has 0 fully saturated rings. The summed E-state index contributed by atoms with van der Waals surface area (Å²) in [5, 5.41) is 13.7. The number of H-pyrrole nitrogens is 10. The number of rotatable bonds is 10. The molecule has 10 N–H and O–H groups in total. The number of aromatic nitrogens is 18. The second-order valence-corrected chi connectivity index (χ2v) is 33.8. The van der Waals surface area contributed by atoms with Gasteiger partial charge in [-0.05, 0) is 277 Å². The van der Waals surface area contributed by atoms with Gasteiger partial charge in [0.05, 0.1) is 41.2 Å². The average molecular weight is 2130 g/mol. The van der Waals surface area contributed by atoms with Crippen LogP contribution in [-0.4, -0.2) is 90.4 Å². The van der Waals surface area contributed by atoms with Crippen molar-refractivity contribution >= 4 is 59.2 Å². The van der Waals surface area contributed by atoms with Crippen molar-refractivity contribution in [2.75, 3.05) is 0 Å². The summed E-state index contributed by atoms with van der Waals surface area (Å²) in [4.78, 5) is 154. The minimum Gasteiger partial charge on any atom is -0.328 e. The lowest BCUT2D eigenvalue weighted by atomic mass is 10.1. The molecule has 0 aliphatic carbocycles. The van der Waals surface area contributed by atoms with Crippen molar-refractivity contribution in [3.8, 4) is 113 Å². The molecule has 0 radical (unpaired) electrons. The first kappa shape index (κ1) is 107. The van der Waals surface area contributed by atoms with Gasteiger partial charge in [-0.1, -0.05) is 103 Å². The highest BCUT2D eigenvalue weighted by molar-refractivity contribution is 9.11. The van der Waals surface area contributed by atoms with Gasteiger partial charge in [0, 0.05) is 135 Å². The Morgan fingerprint density at radius 3 is 1.09 bits per heavy atom. The van der Waals surface area contributed by atoms with Gasteiger partial charge < -0.3 is 44.9 Å². The van der Waals surface area contributed by atoms with E-state index in [-0.39, 0.29) is 84.9 Å². The van der Waals surface area contributed by atoms with Crippen LogP contribution in [0.4, 0.5) is 37.7 Å². The lowest BCUT2D eigenvalue weighted by Crippen LogP contribution is -2.11. The molecular weight excluding hydrogens is 2050 g/mol. The van der Waals surface area contributed by atoms with Crippen molar-refractivity contribution in [3.05, 3.63) is 495 Å². The molecule has 38 heteroatoms. The molecule has 10 heterocycles. The molecule has 724 valence electrons. The Morgan fingerprint density at radius 1 is 0.292 bits per heavy atom. The molecule has 144 heavy (non-hydrogen) atoms. The largest absolute Gasteiger partial charge is 0.328 e. The smallest absolute Gasteiger partial charge is 0.254 e. The molecule has 19 aromatic rings. The Morgan fingerprint density at radius 2 is 0.660 bits per heavy atom. The third-order valence-electron chi connectivity index (χ3n) is 20.7. The van der Waals surface area contributed by atoms with Gasteiger partial charge in [-0.25, -0.2) is 61.0 Å². The number of nitrogens with zero attached hydrogens (tertiary/aromatic N) is 10. The first-order chi connectivity index (χ1) is 68.9. The maximum absolute atomic E-state index is 13.1. The van der Waals surface area contributed by atoms with Gasteiger partial charge in [0.25, 0.3) is 50.0 Å². The molecular formula is C106H83Br3F6N20O9. The summed E-state index contributed by atoms with van der Waals surface area (Å²) in [6.45, 7) is 29.2. The minimum absolute atomic E-state index is 0.0964. The van der Waals surface area contributed by atoms with Crippen molar-refractivity contribution in [1.29, 1.82) is 0 Å². The number of nitrogens with one attached hydrogen (secondary N) is 10. The van der Waals surface area contributed by atoms with Crippen molar-refractivity contribution in [2.24, 2.45) is 0 Å². The topological polar surface area (TPSA) is 423 Å². The standard InChI is InChI=1S/3C12H9BrFNO.C12H10FNO.C12H10N6O.2C12H9N3O.2C11H9FN2O/c1-7-6-10(13)11(15-12(7)16)8-2-4-9(14)5-3-8;1-7-6-10(11(13)15-12(7)16)8-2-4-9(14)5-3-8;1-7-5-10(13)11(15-12(7)16)8-3-2-4-9(14)6-8;1-8-6-10(7-14-12(8)15)9-2-4-11(13)5-3-9;1-7-6-13-10(14-12(7)19)8-2-4-9(5-3-8)11-15-17-18-16-11;1-8-7-14-11(15-12(8)16)9-3-5-10(13-2)6-4-9;1-8-7-14-11(15-12(8)16)9-4-3-5-10(6-9)13-2;1-7-10(13-6-14-11(7)15)8-2-4-9(12)5-3-8;1-7-6-13-10(14-11(7)15)8-2-4-9(12)5-3-8/h3*2-6H,1H3,(H,15,16);2-7H,1H3,(H,14,15);2-6H,1H3,(H,13,14,19)(H,15,16,17,18);2*3-7H,1H3,(H,14,15,16);2*2-6H,1H3,(H,13,14,15). The number of hydrogen-bond acceptors (Lipinski definition) is 17. The van der Waals surface area contributed by atoms with E-state index in [1.165, 1.54) is 97.7 Å². The fourth-order valence-corrected chi connectivity index (χ4v) is 14.5. The highest BCUT2D eigenvalue weighted by Crippen LogP contribution is 2.31. The normalized spacial score (nSPS) is 10.2. The van der Waals surface area contributed by atoms with Gasteiger partial charge in [-0.15, -0.1) is 10.2 Å². The van der Waals surface area contributed by atoms with Crippen LogP contribution in [0.2, 0.25) is 0 Å². The summed E-state index contributed by atoms with van der Waals surface area (Å²) < 4.78 is 78.8. The first-order valence-corrected chi connectivity index (χ1v) is 45.3. The lowest BCUT2D eigenvalue weighted by molar-refractivity contribution is 0.627. The molecule has 0 aliphatic heterocycles. The van der Waals surface area contributed by atoms with Crippen LogP contribution in [0.25, 0.3) is 123 Å². The van der Waals surface area contributed by atoms with E-state index in [9.17, 15) is 69.5 Å². The van der Waals surface area contributed by atoms with E-state index in [0.717, 1.165) is 64.6 Å². The Hall–Kier alpha value is -17.8. The van der Waals surface area contributed by atoms with Gasteiger partial charge >= 0.3 is 0 Å². The lowest BCUT2D eigenvalue weighted by Gasteiger charge is -2.05. The van der Waals surface area contributed by atoms with E-state index in [2.05, 4.69) is 148 Å². The van der Waals surface area contributed by atoms with Crippen molar-refractivity contribution in [3.63, 3.8) is 0 Å². The van der Waals surface area contributed by atoms with Crippen LogP contribution >= 0.6 is 47.8 Å². The average Bonchev–Trinajstić information content (AvgIpc) is 1.02. The summed E-state index contributed by atoms with van der Waals surface area (Å²) in [6.07, 6.45) is 9.09. The molecule has 0 saturated heterocycles. The fraction of sp³-hybridized carbons (Fsp3) is 0.0849. The van der Waals surface area contributed by atoms with E-state index in [4.69, 9.17) is 13.1 Å². The zero-order valence-corrected chi connectivity index (χ0v) is 82.4. The highest BCUT2D eigenvalue weighted by Gasteiger charge is 2.15. The first-order valence-electron chi connectivity index (χ1n) is 42.9. The second kappa shape index (κ2) is 50.7. The summed E-state index contributed by atoms with van der Waals surface area (Å²) in [6, 6.07) is 64.4. The Kier molecular flexibility index (Phi) is 37.6. The van der Waals surface area contributed by atoms with Gasteiger partial charge in [0.1, 0.15) is 58.2 Å². The second-order valence-electron chi connectivity index (χ2n) is 31.3. The molecule has 0 spiro atoms. The predicted molar refractivity (Wildman–Crippen MR) is 553 cm³/mol. The van der Waals surface area contributed by atoms with Crippen molar-refractivity contribution in [1.82, 2.24) is 90.4 Å². The van der Waals surface area contributed by atoms with Crippen molar-refractivity contribution < 1.29 is 26.3 Å². The highest BCUT2D eigenvalue weighted by atomic mass is 79.9. The Bertz CT molecular complexity index is 8430. The van der Waals surface area contributed by atoms with E-state index in [1.54, 1.807) is 214 Å². The number of tetrazole rings is 1. The maximum Gasteiger partial charge on any atom is 0.254 e. The number of benzene rings is 9. The van der Waals surface area contributed by atoms with E-state index in [0.29, 0.717) is 123 Å². The molecule has 0 bridgehead atoms. The number of aryl methyl sites for hydroxylation is 8. The number of halogens is 9. The molecule has 19 rings (SSSR count). The summed E-state index contributed by atoms with van der Waals surface area (Å²) in [5.41, 5.74) is 16.5. The van der Waals surface area contributed by atoms with E-state index >= 15 is 0 Å². The zero-order chi connectivity index (χ0) is 104. The van der Waals surface area contributed by atoms with Gasteiger partial charge in [0.2, 0.25) is 5.82 Å². The molecule has 29 nitrogen and oxygen atoms in total. The third kappa shape index (κ3) is 30.1. The number of pyridine rings is 4. The van der Waals surface area contributed by atoms with Gasteiger partial charge in [-0.3, -0.25) is 43.2 Å². The van der Waals surface area contributed by atoms with E-state index < -0.39 is 0 Å². The monoisotopic (exact) mass is 2130 g/mol. The fourth-order valence-electron chi connectivity index (χ4n) is 12.6. The zero-order valence-electron chi connectivity index (χ0n) is 77.6. The quantitative estimate of drug-likeness (QED) is 0.0345. The Balaban J connectivity index is 0.000000155. The SMILES string of the molecule is Cc1c(-c2ccc(F)cc2)nc[nH]c1=O.Cc1cc(-c2ccc(F)cc2)c(Br)[nH]c1=O.Cc1cc(-c2ccc(F)cc2)c[nH]c1=O.Cc1cc(Br)c(-c2ccc(F)cc2)[nH]c1=O.Cc1cc(Br)c(-c2cccc(F)c2)[nH]c1=O.Cc1cnc(-c2ccc(-c3nn[nH]n3)cc2)[nH]c1=O.Cc1cnc(-c2ccc(F)cc2)[nH]c1=O.[C-]#[N+]c1ccc(-c2ncc(C)c(=O)[nH]2)cc1.[C-]#[N+]c1cccc(-c2ncc(C)c(=O)[nH]2)c1. The number of hydrogen-bond donors (Lipinski definition) is 10. The van der Waals surface area contributed by atoms with Crippen LogP contribution < -0.4 is 50.0 Å². The van der Waals surface area contributed by atoms with Crippen LogP contribution in [0.3, 0.4) is 0 Å². The van der Waals surface area contributed by atoms with Crippen LogP contribution in [0, 0.1) is 110 Å². The van der Waals surface area contributed by atoms with Gasteiger partial charge in [-0.2, -0.15) is 5.21 Å². The summed E-state index contributed by atoms with van der Waals surface area (Å²) in [7, 11) is 0. The van der Waals surface area contributed by atoms with E-state index in [1.807, 2.05) is 30.3 Å². The van der Waals surface area contributed by atoms with Gasteiger partial charge in [0.15, 0.2) is 11.4 Å². The molecule has 0 atom stereocenters. The number of aromatic amines is 10. The van der Waals surface area contributed by atoms with Crippen LogP contribution in [-0.2, 0) is 0 Å². The summed E-state index contributed by atoms with van der Waals surface area (Å²) >= 11 is 10.0. The molecule has 0 unspecified atom stereocenters. The molecule has 0 amide bonds. The van der Waals surface area contributed by atoms with Crippen LogP contribution in [0.5, 0.6) is 0 Å². The molecule has 10 aromatic heterocycles.